The second-order valence-electron chi connectivity index (χ2n) is 9.79. The van der Waals surface area contributed by atoms with Crippen molar-refractivity contribution in [1.29, 1.82) is 0 Å². The lowest BCUT2D eigenvalue weighted by Crippen LogP contribution is -2.58. The first kappa shape index (κ1) is 23.0. The van der Waals surface area contributed by atoms with Crippen molar-refractivity contribution in [2.75, 3.05) is 32.7 Å². The van der Waals surface area contributed by atoms with Crippen LogP contribution in [0.1, 0.15) is 65.7 Å². The Bertz CT molecular complexity index is 612. The number of hydrogen-bond donors (Lipinski definition) is 1. The summed E-state index contributed by atoms with van der Waals surface area (Å²) >= 11 is 0. The highest BCUT2D eigenvalue weighted by molar-refractivity contribution is 5.88. The molecule has 2 heterocycles. The highest BCUT2D eigenvalue weighted by Gasteiger charge is 2.33. The standard InChI is InChI=1S/C23H39N3O4/c1-16(2)17(3)13-20-23(29)26(12-9-24-20)15-21(27)25-10-7-18(8-11-25)14-22(28)30-19-5-4-6-19/h16-20,24H,4-15H2,1-3H3/t17?,20-/m0/s1. The highest BCUT2D eigenvalue weighted by atomic mass is 16.5. The summed E-state index contributed by atoms with van der Waals surface area (Å²) in [6.45, 7) is 9.34. The Morgan fingerprint density at radius 2 is 1.80 bits per heavy atom. The molecular weight excluding hydrogens is 382 g/mol. The van der Waals surface area contributed by atoms with Gasteiger partial charge in [-0.15, -0.1) is 0 Å². The van der Waals surface area contributed by atoms with Crippen molar-refractivity contribution in [3.8, 4) is 0 Å². The molecule has 2 atom stereocenters. The van der Waals surface area contributed by atoms with Crippen LogP contribution in [0, 0.1) is 17.8 Å². The fraction of sp³-hybridized carbons (Fsp3) is 0.870. The summed E-state index contributed by atoms with van der Waals surface area (Å²) in [7, 11) is 0. The number of carbonyl (C=O) groups is 3. The minimum atomic E-state index is -0.184. The van der Waals surface area contributed by atoms with E-state index in [1.165, 1.54) is 0 Å². The van der Waals surface area contributed by atoms with E-state index in [4.69, 9.17) is 4.74 Å². The van der Waals surface area contributed by atoms with Gasteiger partial charge in [-0.2, -0.15) is 0 Å². The van der Waals surface area contributed by atoms with Crippen LogP contribution in [0.3, 0.4) is 0 Å². The molecule has 7 heteroatoms. The normalized spacial score (nSPS) is 24.7. The van der Waals surface area contributed by atoms with Crippen LogP contribution in [-0.4, -0.2) is 72.5 Å². The molecule has 2 saturated heterocycles. The lowest BCUT2D eigenvalue weighted by molar-refractivity contribution is -0.154. The molecule has 170 valence electrons. The van der Waals surface area contributed by atoms with Crippen LogP contribution in [0.2, 0.25) is 0 Å². The van der Waals surface area contributed by atoms with Gasteiger partial charge in [-0.3, -0.25) is 14.4 Å². The fourth-order valence-corrected chi connectivity index (χ4v) is 4.38. The molecule has 1 aliphatic carbocycles. The predicted molar refractivity (Wildman–Crippen MR) is 115 cm³/mol. The van der Waals surface area contributed by atoms with Gasteiger partial charge in [0.1, 0.15) is 6.10 Å². The SMILES string of the molecule is CC(C)C(C)C[C@@H]1NCCN(CC(=O)N2CCC(CC(=O)OC3CCC3)CC2)C1=O. The Kier molecular flexibility index (Phi) is 8.14. The van der Waals surface area contributed by atoms with E-state index in [0.717, 1.165) is 45.1 Å². The van der Waals surface area contributed by atoms with Crippen molar-refractivity contribution in [2.24, 2.45) is 17.8 Å². The van der Waals surface area contributed by atoms with E-state index in [1.807, 2.05) is 4.90 Å². The Morgan fingerprint density at radius 1 is 1.10 bits per heavy atom. The van der Waals surface area contributed by atoms with Gasteiger partial charge in [0.25, 0.3) is 0 Å². The number of piperazine rings is 1. The topological polar surface area (TPSA) is 79.0 Å². The van der Waals surface area contributed by atoms with Crippen molar-refractivity contribution in [3.63, 3.8) is 0 Å². The summed E-state index contributed by atoms with van der Waals surface area (Å²) < 4.78 is 5.46. The number of hydrogen-bond acceptors (Lipinski definition) is 5. The molecule has 2 amide bonds. The number of piperidine rings is 1. The van der Waals surface area contributed by atoms with Gasteiger partial charge in [-0.1, -0.05) is 20.8 Å². The number of esters is 1. The van der Waals surface area contributed by atoms with Gasteiger partial charge < -0.3 is 19.9 Å². The molecular formula is C23H39N3O4. The smallest absolute Gasteiger partial charge is 0.306 e. The summed E-state index contributed by atoms with van der Waals surface area (Å²) in [5, 5.41) is 3.32. The number of amides is 2. The average molecular weight is 422 g/mol. The van der Waals surface area contributed by atoms with E-state index in [-0.39, 0.29) is 36.5 Å². The van der Waals surface area contributed by atoms with E-state index in [2.05, 4.69) is 26.1 Å². The van der Waals surface area contributed by atoms with Crippen LogP contribution < -0.4 is 5.32 Å². The van der Waals surface area contributed by atoms with Crippen LogP contribution >= 0.6 is 0 Å². The zero-order valence-corrected chi connectivity index (χ0v) is 18.9. The van der Waals surface area contributed by atoms with Crippen molar-refractivity contribution in [3.05, 3.63) is 0 Å². The summed E-state index contributed by atoms with van der Waals surface area (Å²) in [6, 6.07) is -0.184. The van der Waals surface area contributed by atoms with Gasteiger partial charge in [-0.25, -0.2) is 0 Å². The van der Waals surface area contributed by atoms with E-state index >= 15 is 0 Å². The summed E-state index contributed by atoms with van der Waals surface area (Å²) in [5.74, 6) is 1.27. The van der Waals surface area contributed by atoms with Crippen LogP contribution in [0.4, 0.5) is 0 Å². The van der Waals surface area contributed by atoms with Crippen LogP contribution in [0.5, 0.6) is 0 Å². The van der Waals surface area contributed by atoms with Crippen molar-refractivity contribution < 1.29 is 19.1 Å². The second-order valence-corrected chi connectivity index (χ2v) is 9.79. The van der Waals surface area contributed by atoms with Gasteiger partial charge in [-0.05, 0) is 56.3 Å². The third kappa shape index (κ3) is 6.19. The van der Waals surface area contributed by atoms with E-state index < -0.39 is 0 Å². The Hall–Kier alpha value is -1.63. The summed E-state index contributed by atoms with van der Waals surface area (Å²) in [5.41, 5.74) is 0. The molecule has 1 unspecified atom stereocenters. The molecule has 0 aromatic heterocycles. The molecule has 0 bridgehead atoms. The van der Waals surface area contributed by atoms with Crippen LogP contribution in [0.15, 0.2) is 0 Å². The number of ether oxygens (including phenoxy) is 1. The zero-order chi connectivity index (χ0) is 21.7. The second kappa shape index (κ2) is 10.6. The van der Waals surface area contributed by atoms with Crippen molar-refractivity contribution in [1.82, 2.24) is 15.1 Å². The van der Waals surface area contributed by atoms with E-state index in [0.29, 0.717) is 43.8 Å². The Morgan fingerprint density at radius 3 is 2.40 bits per heavy atom. The van der Waals surface area contributed by atoms with Crippen LogP contribution in [-0.2, 0) is 19.1 Å². The molecule has 7 nitrogen and oxygen atoms in total. The number of nitrogens with one attached hydrogen (secondary N) is 1. The predicted octanol–water partition coefficient (Wildman–Crippen LogP) is 2.19. The van der Waals surface area contributed by atoms with Crippen molar-refractivity contribution in [2.45, 2.75) is 77.9 Å². The molecule has 3 aliphatic rings. The lowest BCUT2D eigenvalue weighted by Gasteiger charge is -2.37. The maximum Gasteiger partial charge on any atom is 0.306 e. The number of carbonyl (C=O) groups excluding carboxylic acids is 3. The van der Waals surface area contributed by atoms with Crippen molar-refractivity contribution >= 4 is 17.8 Å². The third-order valence-corrected chi connectivity index (χ3v) is 7.23. The molecule has 1 N–H and O–H groups in total. The molecule has 30 heavy (non-hydrogen) atoms. The first-order valence-corrected chi connectivity index (χ1v) is 11.8. The molecule has 0 aromatic rings. The molecule has 3 fully saturated rings. The molecule has 2 aliphatic heterocycles. The summed E-state index contributed by atoms with van der Waals surface area (Å²) in [4.78, 5) is 41.2. The van der Waals surface area contributed by atoms with Gasteiger partial charge in [0, 0.05) is 32.6 Å². The maximum absolute atomic E-state index is 12.8. The van der Waals surface area contributed by atoms with Gasteiger partial charge >= 0.3 is 5.97 Å². The lowest BCUT2D eigenvalue weighted by atomic mass is 9.90. The quantitative estimate of drug-likeness (QED) is 0.608. The van der Waals surface area contributed by atoms with Crippen LogP contribution in [0.25, 0.3) is 0 Å². The first-order valence-electron chi connectivity index (χ1n) is 11.8. The Labute approximate surface area is 180 Å². The molecule has 1 saturated carbocycles. The van der Waals surface area contributed by atoms with Gasteiger partial charge in [0.2, 0.25) is 11.8 Å². The molecule has 0 radical (unpaired) electrons. The number of likely N-dealkylation sites (tertiary alicyclic amines) is 1. The van der Waals surface area contributed by atoms with Gasteiger partial charge in [0.05, 0.1) is 12.6 Å². The fourth-order valence-electron chi connectivity index (χ4n) is 4.38. The Balaban J connectivity index is 1.40. The molecule has 3 rings (SSSR count). The molecule has 0 spiro atoms. The van der Waals surface area contributed by atoms with Gasteiger partial charge in [0.15, 0.2) is 0 Å². The summed E-state index contributed by atoms with van der Waals surface area (Å²) in [6.07, 6.45) is 6.23. The minimum absolute atomic E-state index is 0.0244. The van der Waals surface area contributed by atoms with E-state index in [1.54, 1.807) is 4.90 Å². The first-order chi connectivity index (χ1) is 14.3. The third-order valence-electron chi connectivity index (χ3n) is 7.23. The minimum Gasteiger partial charge on any atom is -0.462 e. The average Bonchev–Trinajstić information content (AvgIpc) is 2.68. The number of nitrogens with zero attached hydrogens (tertiary/aromatic N) is 2. The monoisotopic (exact) mass is 421 g/mol. The zero-order valence-electron chi connectivity index (χ0n) is 18.9. The maximum atomic E-state index is 12.8. The largest absolute Gasteiger partial charge is 0.462 e. The highest BCUT2D eigenvalue weighted by Crippen LogP contribution is 2.26. The molecule has 0 aromatic carbocycles. The van der Waals surface area contributed by atoms with E-state index in [9.17, 15) is 14.4 Å². The number of rotatable bonds is 8.